The van der Waals surface area contributed by atoms with Crippen LogP contribution in [0.2, 0.25) is 0 Å². The highest BCUT2D eigenvalue weighted by atomic mass is 32.1. The number of aromatic amines is 1. The number of anilines is 1. The molecule has 0 saturated carbocycles. The van der Waals surface area contributed by atoms with Gasteiger partial charge in [0.15, 0.2) is 5.13 Å². The molecule has 3 aromatic carbocycles. The third-order valence-electron chi connectivity index (χ3n) is 6.31. The number of amides is 3. The summed E-state index contributed by atoms with van der Waals surface area (Å²) in [7, 11) is 0. The molecule has 2 aromatic heterocycles. The van der Waals surface area contributed by atoms with Gasteiger partial charge in [0.05, 0.1) is 16.8 Å². The quantitative estimate of drug-likeness (QED) is 0.321. The number of rotatable bonds is 6. The molecule has 2 N–H and O–H groups in total. The minimum absolute atomic E-state index is 0.193. The normalized spacial score (nSPS) is 13.7. The Morgan fingerprint density at radius 1 is 0.889 bits per heavy atom. The minimum atomic E-state index is -1.03. The molecule has 0 unspecified atom stereocenters. The summed E-state index contributed by atoms with van der Waals surface area (Å²) in [5.41, 5.74) is 4.12. The molecule has 8 heteroatoms. The SMILES string of the molecule is O=C(Nc1nc(-c2c[nH]c3ccccc23)cs1)[C@@H](Cc1ccccc1)N1C(=O)c2ccccc2C1=O. The number of thiazole rings is 1. The zero-order chi connectivity index (χ0) is 24.6. The van der Waals surface area contributed by atoms with Crippen LogP contribution in [0, 0.1) is 0 Å². The standard InChI is InChI=1S/C28H20N4O3S/c33-25(31-28-30-23(16-36-28)21-15-29-22-13-7-6-10-18(21)22)24(14-17-8-2-1-3-9-17)32-26(34)19-11-4-5-12-20(19)27(32)35/h1-13,15-16,24,29H,14H2,(H,30,31,33)/t24-/m1/s1. The highest BCUT2D eigenvalue weighted by molar-refractivity contribution is 7.14. The molecule has 0 radical (unpaired) electrons. The Hall–Kier alpha value is -4.56. The molecule has 0 fully saturated rings. The van der Waals surface area contributed by atoms with E-state index in [0.717, 1.165) is 32.6 Å². The van der Waals surface area contributed by atoms with Gasteiger partial charge in [0.2, 0.25) is 5.91 Å². The Morgan fingerprint density at radius 3 is 2.31 bits per heavy atom. The van der Waals surface area contributed by atoms with Gasteiger partial charge in [0.25, 0.3) is 11.8 Å². The molecule has 6 rings (SSSR count). The summed E-state index contributed by atoms with van der Waals surface area (Å²) >= 11 is 1.29. The molecular weight excluding hydrogens is 472 g/mol. The molecule has 0 aliphatic carbocycles. The van der Waals surface area contributed by atoms with E-state index in [1.807, 2.05) is 66.2 Å². The van der Waals surface area contributed by atoms with Gasteiger partial charge in [-0.05, 0) is 23.8 Å². The van der Waals surface area contributed by atoms with Gasteiger partial charge < -0.3 is 10.3 Å². The number of imide groups is 1. The highest BCUT2D eigenvalue weighted by Crippen LogP contribution is 2.32. The van der Waals surface area contributed by atoms with E-state index in [-0.39, 0.29) is 6.42 Å². The van der Waals surface area contributed by atoms with Crippen molar-refractivity contribution in [1.29, 1.82) is 0 Å². The van der Waals surface area contributed by atoms with Gasteiger partial charge in [-0.25, -0.2) is 4.98 Å². The number of carbonyl (C=O) groups is 3. The van der Waals surface area contributed by atoms with Gasteiger partial charge in [-0.1, -0.05) is 60.7 Å². The number of fused-ring (bicyclic) bond motifs is 2. The van der Waals surface area contributed by atoms with Crippen molar-refractivity contribution in [2.24, 2.45) is 0 Å². The van der Waals surface area contributed by atoms with Gasteiger partial charge in [-0.2, -0.15) is 0 Å². The number of hydrogen-bond acceptors (Lipinski definition) is 5. The largest absolute Gasteiger partial charge is 0.360 e. The molecule has 0 saturated heterocycles. The van der Waals surface area contributed by atoms with Crippen LogP contribution in [-0.4, -0.2) is 38.6 Å². The van der Waals surface area contributed by atoms with Crippen molar-refractivity contribution < 1.29 is 14.4 Å². The molecule has 1 atom stereocenters. The second kappa shape index (κ2) is 8.90. The highest BCUT2D eigenvalue weighted by Gasteiger charge is 2.42. The van der Waals surface area contributed by atoms with Crippen molar-refractivity contribution in [3.05, 3.63) is 107 Å². The van der Waals surface area contributed by atoms with Crippen LogP contribution in [0.4, 0.5) is 5.13 Å². The number of aromatic nitrogens is 2. The second-order valence-electron chi connectivity index (χ2n) is 8.51. The van der Waals surface area contributed by atoms with Crippen LogP contribution in [0.1, 0.15) is 26.3 Å². The third-order valence-corrected chi connectivity index (χ3v) is 7.07. The first-order valence-corrected chi connectivity index (χ1v) is 12.3. The third kappa shape index (κ3) is 3.77. The van der Waals surface area contributed by atoms with Crippen LogP contribution in [0.15, 0.2) is 90.4 Å². The maximum atomic E-state index is 13.6. The summed E-state index contributed by atoms with van der Waals surface area (Å²) in [6.07, 6.45) is 2.08. The fourth-order valence-corrected chi connectivity index (χ4v) is 5.27. The topological polar surface area (TPSA) is 95.2 Å². The van der Waals surface area contributed by atoms with Crippen LogP contribution < -0.4 is 5.32 Å². The summed E-state index contributed by atoms with van der Waals surface area (Å²) in [5, 5.41) is 6.16. The van der Waals surface area contributed by atoms with E-state index in [1.165, 1.54) is 11.3 Å². The zero-order valence-corrected chi connectivity index (χ0v) is 19.8. The second-order valence-corrected chi connectivity index (χ2v) is 9.36. The van der Waals surface area contributed by atoms with E-state index < -0.39 is 23.8 Å². The van der Waals surface area contributed by atoms with Crippen LogP contribution in [0.3, 0.4) is 0 Å². The van der Waals surface area contributed by atoms with E-state index >= 15 is 0 Å². The first-order chi connectivity index (χ1) is 17.6. The number of benzene rings is 3. The summed E-state index contributed by atoms with van der Waals surface area (Å²) in [6, 6.07) is 22.9. The minimum Gasteiger partial charge on any atom is -0.360 e. The lowest BCUT2D eigenvalue weighted by molar-refractivity contribution is -0.119. The van der Waals surface area contributed by atoms with Crippen LogP contribution >= 0.6 is 11.3 Å². The molecule has 0 bridgehead atoms. The van der Waals surface area contributed by atoms with E-state index in [4.69, 9.17) is 0 Å². The fraction of sp³-hybridized carbons (Fsp3) is 0.0714. The van der Waals surface area contributed by atoms with Crippen molar-refractivity contribution in [1.82, 2.24) is 14.9 Å². The number of H-pyrrole nitrogens is 1. The number of carbonyl (C=O) groups excluding carboxylic acids is 3. The number of nitrogens with zero attached hydrogens (tertiary/aromatic N) is 2. The van der Waals surface area contributed by atoms with Crippen LogP contribution in [-0.2, 0) is 11.2 Å². The Morgan fingerprint density at radius 2 is 1.56 bits per heavy atom. The smallest absolute Gasteiger partial charge is 0.262 e. The van der Waals surface area contributed by atoms with E-state index in [0.29, 0.717) is 16.3 Å². The maximum Gasteiger partial charge on any atom is 0.262 e. The van der Waals surface area contributed by atoms with E-state index in [1.54, 1.807) is 24.3 Å². The summed E-state index contributed by atoms with van der Waals surface area (Å²) in [6.45, 7) is 0. The zero-order valence-electron chi connectivity index (χ0n) is 19.0. The number of nitrogens with one attached hydrogen (secondary N) is 2. The van der Waals surface area contributed by atoms with Gasteiger partial charge in [0, 0.05) is 34.5 Å². The first-order valence-electron chi connectivity index (χ1n) is 11.4. The Bertz CT molecular complexity index is 1590. The first kappa shape index (κ1) is 21.9. The van der Waals surface area contributed by atoms with E-state index in [2.05, 4.69) is 15.3 Å². The van der Waals surface area contributed by atoms with Crippen molar-refractivity contribution in [2.45, 2.75) is 12.5 Å². The molecular formula is C28H20N4O3S. The fourth-order valence-electron chi connectivity index (χ4n) is 4.56. The van der Waals surface area contributed by atoms with Gasteiger partial charge >= 0.3 is 0 Å². The molecule has 3 heterocycles. The Balaban J connectivity index is 1.30. The summed E-state index contributed by atoms with van der Waals surface area (Å²) in [5.74, 6) is -1.40. The van der Waals surface area contributed by atoms with Gasteiger partial charge in [-0.3, -0.25) is 19.3 Å². The molecule has 3 amide bonds. The molecule has 5 aromatic rings. The monoisotopic (exact) mass is 492 g/mol. The molecule has 36 heavy (non-hydrogen) atoms. The number of para-hydroxylation sites is 1. The predicted molar refractivity (Wildman–Crippen MR) is 139 cm³/mol. The average molecular weight is 493 g/mol. The molecule has 0 spiro atoms. The summed E-state index contributed by atoms with van der Waals surface area (Å²) in [4.78, 5) is 48.9. The maximum absolute atomic E-state index is 13.6. The van der Waals surface area contributed by atoms with Gasteiger partial charge in [-0.15, -0.1) is 11.3 Å². The Labute approximate surface area is 210 Å². The lowest BCUT2D eigenvalue weighted by atomic mass is 10.0. The van der Waals surface area contributed by atoms with Crippen molar-refractivity contribution in [2.75, 3.05) is 5.32 Å². The van der Waals surface area contributed by atoms with E-state index in [9.17, 15) is 14.4 Å². The molecule has 7 nitrogen and oxygen atoms in total. The molecule has 1 aliphatic heterocycles. The predicted octanol–water partition coefficient (Wildman–Crippen LogP) is 5.14. The van der Waals surface area contributed by atoms with Crippen molar-refractivity contribution >= 4 is 45.1 Å². The molecule has 1 aliphatic rings. The summed E-state index contributed by atoms with van der Waals surface area (Å²) < 4.78 is 0. The van der Waals surface area contributed by atoms with Crippen molar-refractivity contribution in [3.63, 3.8) is 0 Å². The van der Waals surface area contributed by atoms with Gasteiger partial charge in [0.1, 0.15) is 6.04 Å². The molecule has 176 valence electrons. The lowest BCUT2D eigenvalue weighted by Gasteiger charge is -2.25. The Kier molecular flexibility index (Phi) is 5.42. The van der Waals surface area contributed by atoms with Crippen LogP contribution in [0.5, 0.6) is 0 Å². The van der Waals surface area contributed by atoms with Crippen LogP contribution in [0.25, 0.3) is 22.2 Å². The number of hydrogen-bond donors (Lipinski definition) is 2. The lowest BCUT2D eigenvalue weighted by Crippen LogP contribution is -2.48. The average Bonchev–Trinajstić information content (AvgIpc) is 3.61. The van der Waals surface area contributed by atoms with Crippen molar-refractivity contribution in [3.8, 4) is 11.3 Å².